The van der Waals surface area contributed by atoms with E-state index in [-0.39, 0.29) is 29.1 Å². The first-order valence-corrected chi connectivity index (χ1v) is 11.4. The fourth-order valence-electron chi connectivity index (χ4n) is 2.91. The molecule has 29 heavy (non-hydrogen) atoms. The minimum Gasteiger partial charge on any atom is -0.495 e. The summed E-state index contributed by atoms with van der Waals surface area (Å²) in [6, 6.07) is 11.8. The molecule has 1 aromatic heterocycles. The van der Waals surface area contributed by atoms with Crippen LogP contribution in [0.2, 0.25) is 5.02 Å². The molecule has 1 aliphatic carbocycles. The number of rotatable bonds is 7. The number of aromatic nitrogens is 2. The Morgan fingerprint density at radius 1 is 1.21 bits per heavy atom. The van der Waals surface area contributed by atoms with E-state index in [1.54, 1.807) is 36.4 Å². The van der Waals surface area contributed by atoms with Crippen LogP contribution in [0.15, 0.2) is 56.2 Å². The van der Waals surface area contributed by atoms with Crippen LogP contribution in [-0.4, -0.2) is 36.1 Å². The van der Waals surface area contributed by atoms with Crippen LogP contribution >= 0.6 is 27.5 Å². The summed E-state index contributed by atoms with van der Waals surface area (Å²) < 4.78 is 39.8. The largest absolute Gasteiger partial charge is 0.495 e. The quantitative estimate of drug-likeness (QED) is 0.476. The highest BCUT2D eigenvalue weighted by Gasteiger charge is 2.40. The van der Waals surface area contributed by atoms with Gasteiger partial charge in [0.1, 0.15) is 10.6 Å². The molecule has 0 spiro atoms. The summed E-state index contributed by atoms with van der Waals surface area (Å²) in [5, 5.41) is 8.67. The Morgan fingerprint density at radius 2 is 1.93 bits per heavy atom. The normalized spacial score (nSPS) is 14.3. The topological polar surface area (TPSA) is 85.5 Å². The highest BCUT2D eigenvalue weighted by Crippen LogP contribution is 2.37. The van der Waals surface area contributed by atoms with Crippen LogP contribution in [0.4, 0.5) is 0 Å². The van der Waals surface area contributed by atoms with Crippen LogP contribution < -0.4 is 4.74 Å². The number of halogens is 2. The van der Waals surface area contributed by atoms with Crippen LogP contribution in [0.5, 0.6) is 5.75 Å². The van der Waals surface area contributed by atoms with Gasteiger partial charge < -0.3 is 9.15 Å². The number of nitrogens with zero attached hydrogens (tertiary/aromatic N) is 3. The molecule has 0 bridgehead atoms. The lowest BCUT2D eigenvalue weighted by Crippen LogP contribution is -2.33. The molecule has 1 saturated carbocycles. The first-order chi connectivity index (χ1) is 13.9. The summed E-state index contributed by atoms with van der Waals surface area (Å²) in [5.41, 5.74) is 0.711. The van der Waals surface area contributed by atoms with Crippen molar-refractivity contribution in [2.75, 3.05) is 7.11 Å². The maximum Gasteiger partial charge on any atom is 0.247 e. The fraction of sp³-hybridized carbons (Fsp3) is 0.263. The zero-order chi connectivity index (χ0) is 20.6. The maximum atomic E-state index is 13.4. The number of hydrogen-bond acceptors (Lipinski definition) is 6. The molecule has 0 N–H and O–H groups in total. The lowest BCUT2D eigenvalue weighted by molar-refractivity contribution is 0.346. The second-order valence-electron chi connectivity index (χ2n) is 6.58. The van der Waals surface area contributed by atoms with E-state index in [9.17, 15) is 8.42 Å². The monoisotopic (exact) mass is 497 g/mol. The molecule has 0 aliphatic heterocycles. The van der Waals surface area contributed by atoms with Gasteiger partial charge in [-0.05, 0) is 55.3 Å². The van der Waals surface area contributed by atoms with Gasteiger partial charge in [-0.1, -0.05) is 27.5 Å². The van der Waals surface area contributed by atoms with E-state index >= 15 is 0 Å². The Kier molecular flexibility index (Phi) is 5.65. The van der Waals surface area contributed by atoms with Gasteiger partial charge in [0.15, 0.2) is 0 Å². The molecule has 2 aromatic carbocycles. The van der Waals surface area contributed by atoms with Crippen molar-refractivity contribution in [3.63, 3.8) is 0 Å². The zero-order valence-electron chi connectivity index (χ0n) is 15.4. The Hall–Kier alpha value is -1.94. The maximum absolute atomic E-state index is 13.4. The van der Waals surface area contributed by atoms with Crippen LogP contribution in [-0.2, 0) is 16.6 Å². The molecule has 7 nitrogen and oxygen atoms in total. The highest BCUT2D eigenvalue weighted by molar-refractivity contribution is 9.10. The minimum absolute atomic E-state index is 0.0107. The van der Waals surface area contributed by atoms with Crippen molar-refractivity contribution in [3.8, 4) is 17.2 Å². The van der Waals surface area contributed by atoms with Gasteiger partial charge in [0.05, 0.1) is 13.7 Å². The average Bonchev–Trinajstić information content (AvgIpc) is 3.44. The molecule has 0 atom stereocenters. The van der Waals surface area contributed by atoms with E-state index in [1.807, 2.05) is 0 Å². The van der Waals surface area contributed by atoms with Gasteiger partial charge in [-0.2, -0.15) is 4.31 Å². The van der Waals surface area contributed by atoms with Crippen molar-refractivity contribution in [3.05, 3.63) is 57.9 Å². The molecular formula is C19H17BrClN3O4S. The summed E-state index contributed by atoms with van der Waals surface area (Å²) in [6.45, 7) is -0.0107. The van der Waals surface area contributed by atoms with Crippen molar-refractivity contribution < 1.29 is 17.6 Å². The summed E-state index contributed by atoms with van der Waals surface area (Å²) >= 11 is 9.24. The molecule has 0 amide bonds. The van der Waals surface area contributed by atoms with E-state index < -0.39 is 10.0 Å². The summed E-state index contributed by atoms with van der Waals surface area (Å²) in [7, 11) is -2.38. The predicted molar refractivity (Wildman–Crippen MR) is 111 cm³/mol. The standard InChI is InChI=1S/C19H17BrClN3O4S/c1-27-16-9-4-13(20)10-17(16)29(25,26)24(15-7-8-15)11-18-22-23-19(28-18)12-2-5-14(21)6-3-12/h2-6,9-10,15H,7-8,11H2,1H3. The van der Waals surface area contributed by atoms with E-state index in [2.05, 4.69) is 26.1 Å². The van der Waals surface area contributed by atoms with E-state index in [0.717, 1.165) is 12.8 Å². The number of hydrogen-bond donors (Lipinski definition) is 0. The van der Waals surface area contributed by atoms with E-state index in [0.29, 0.717) is 20.9 Å². The SMILES string of the molecule is COc1ccc(Br)cc1S(=O)(=O)N(Cc1nnc(-c2ccc(Cl)cc2)o1)C1CC1. The van der Waals surface area contributed by atoms with E-state index in [1.165, 1.54) is 17.5 Å². The van der Waals surface area contributed by atoms with Crippen molar-refractivity contribution in [2.45, 2.75) is 30.3 Å². The molecule has 4 rings (SSSR count). The first-order valence-electron chi connectivity index (χ1n) is 8.82. The molecule has 1 aliphatic rings. The van der Waals surface area contributed by atoms with Crippen LogP contribution in [0.3, 0.4) is 0 Å². The van der Waals surface area contributed by atoms with Gasteiger partial charge >= 0.3 is 0 Å². The third-order valence-electron chi connectivity index (χ3n) is 4.52. The number of benzene rings is 2. The lowest BCUT2D eigenvalue weighted by Gasteiger charge is -2.21. The molecule has 1 fully saturated rings. The fourth-order valence-corrected chi connectivity index (χ4v) is 5.37. The van der Waals surface area contributed by atoms with Crippen molar-refractivity contribution in [1.82, 2.24) is 14.5 Å². The molecule has 1 heterocycles. The second kappa shape index (κ2) is 8.06. The molecule has 10 heteroatoms. The summed E-state index contributed by atoms with van der Waals surface area (Å²) in [4.78, 5) is 0.0960. The average molecular weight is 499 g/mol. The summed E-state index contributed by atoms with van der Waals surface area (Å²) in [6.07, 6.45) is 1.57. The molecule has 3 aromatic rings. The van der Waals surface area contributed by atoms with Crippen LogP contribution in [0, 0.1) is 0 Å². The smallest absolute Gasteiger partial charge is 0.247 e. The second-order valence-corrected chi connectivity index (χ2v) is 9.80. The minimum atomic E-state index is -3.83. The van der Waals surface area contributed by atoms with Crippen molar-refractivity contribution in [1.29, 1.82) is 0 Å². The van der Waals surface area contributed by atoms with Gasteiger partial charge in [-0.3, -0.25) is 0 Å². The third kappa shape index (κ3) is 4.32. The lowest BCUT2D eigenvalue weighted by atomic mass is 10.2. The zero-order valence-corrected chi connectivity index (χ0v) is 18.5. The number of sulfonamides is 1. The Bertz CT molecular complexity index is 1130. The van der Waals surface area contributed by atoms with Gasteiger partial charge in [0, 0.05) is 21.1 Å². The molecule has 0 unspecified atom stereocenters. The van der Waals surface area contributed by atoms with Crippen LogP contribution in [0.1, 0.15) is 18.7 Å². The van der Waals surface area contributed by atoms with Gasteiger partial charge in [0.25, 0.3) is 0 Å². The van der Waals surface area contributed by atoms with Gasteiger partial charge in [-0.15, -0.1) is 10.2 Å². The van der Waals surface area contributed by atoms with Crippen molar-refractivity contribution in [2.24, 2.45) is 0 Å². The van der Waals surface area contributed by atoms with Gasteiger partial charge in [-0.25, -0.2) is 8.42 Å². The van der Waals surface area contributed by atoms with Crippen LogP contribution in [0.25, 0.3) is 11.5 Å². The highest BCUT2D eigenvalue weighted by atomic mass is 79.9. The molecule has 0 radical (unpaired) electrons. The van der Waals surface area contributed by atoms with E-state index in [4.69, 9.17) is 20.8 Å². The number of ether oxygens (including phenoxy) is 1. The molecular weight excluding hydrogens is 482 g/mol. The Labute approximate surface area is 181 Å². The van der Waals surface area contributed by atoms with Crippen molar-refractivity contribution >= 4 is 37.6 Å². The first kappa shape index (κ1) is 20.3. The Balaban J connectivity index is 1.64. The molecule has 0 saturated heterocycles. The number of methoxy groups -OCH3 is 1. The third-order valence-corrected chi connectivity index (χ3v) is 7.18. The Morgan fingerprint density at radius 3 is 2.59 bits per heavy atom. The predicted octanol–water partition coefficient (Wildman–Crippen LogP) is 4.51. The molecule has 152 valence electrons. The van der Waals surface area contributed by atoms with Gasteiger partial charge in [0.2, 0.25) is 21.8 Å². The summed E-state index contributed by atoms with van der Waals surface area (Å²) in [5.74, 6) is 0.815.